The summed E-state index contributed by atoms with van der Waals surface area (Å²) in [6.45, 7) is 3.64. The molecule has 0 saturated carbocycles. The molecule has 2 rings (SSSR count). The van der Waals surface area contributed by atoms with E-state index in [-0.39, 0.29) is 17.6 Å². The van der Waals surface area contributed by atoms with Crippen LogP contribution >= 0.6 is 0 Å². The molecule has 1 aromatic carbocycles. The number of nitrogens with zero attached hydrogens (tertiary/aromatic N) is 1. The van der Waals surface area contributed by atoms with E-state index in [0.29, 0.717) is 24.1 Å². The van der Waals surface area contributed by atoms with Crippen LogP contribution in [0, 0.1) is 5.41 Å². The van der Waals surface area contributed by atoms with E-state index in [1.54, 1.807) is 24.3 Å². The average Bonchev–Trinajstić information content (AvgIpc) is 2.39. The predicted molar refractivity (Wildman–Crippen MR) is 73.6 cm³/mol. The van der Waals surface area contributed by atoms with Gasteiger partial charge in [0.05, 0.1) is 0 Å². The third-order valence-electron chi connectivity index (χ3n) is 3.66. The van der Waals surface area contributed by atoms with Crippen LogP contribution in [0.2, 0.25) is 0 Å². The molecule has 0 aliphatic carbocycles. The molecule has 0 unspecified atom stereocenters. The quantitative estimate of drug-likeness (QED) is 0.637. The maximum Gasteiger partial charge on any atom is 0.263 e. The average molecular weight is 259 g/mol. The van der Waals surface area contributed by atoms with Crippen molar-refractivity contribution >= 4 is 23.3 Å². The number of hydrogen-bond donors (Lipinski definition) is 2. The third-order valence-corrected chi connectivity index (χ3v) is 3.66. The highest BCUT2D eigenvalue weighted by molar-refractivity contribution is 6.23. The van der Waals surface area contributed by atoms with Gasteiger partial charge in [-0.05, 0) is 25.0 Å². The van der Waals surface area contributed by atoms with E-state index in [4.69, 9.17) is 5.73 Å². The first-order valence-corrected chi connectivity index (χ1v) is 6.34. The monoisotopic (exact) mass is 259 g/mol. The minimum atomic E-state index is -1.02. The molecule has 0 fully saturated rings. The summed E-state index contributed by atoms with van der Waals surface area (Å²) in [6.07, 6.45) is 0.893. The van der Waals surface area contributed by atoms with E-state index in [1.165, 1.54) is 0 Å². The van der Waals surface area contributed by atoms with Crippen LogP contribution in [0.4, 0.5) is 5.69 Å². The lowest BCUT2D eigenvalue weighted by molar-refractivity contribution is -0.142. The first-order chi connectivity index (χ1) is 9.03. The van der Waals surface area contributed by atoms with Crippen LogP contribution in [-0.2, 0) is 9.59 Å². The topological polar surface area (TPSA) is 84.6 Å². The minimum Gasteiger partial charge on any atom is -0.399 e. The standard InChI is InChI=1S/C14H17N3O2/c1-3-14(4-2)12(18)16-11(17-13(14)19)9-6-5-7-10(15)8-9/h5-8H,3-4,15H2,1-2H3,(H,16,17,18,19). The van der Waals surface area contributed by atoms with Crippen molar-refractivity contribution < 1.29 is 9.59 Å². The predicted octanol–water partition coefficient (Wildman–Crippen LogP) is 1.48. The minimum absolute atomic E-state index is 0.278. The second-order valence-electron chi connectivity index (χ2n) is 4.63. The number of rotatable bonds is 3. The van der Waals surface area contributed by atoms with E-state index in [1.807, 2.05) is 13.8 Å². The summed E-state index contributed by atoms with van der Waals surface area (Å²) >= 11 is 0. The van der Waals surface area contributed by atoms with Gasteiger partial charge in [-0.2, -0.15) is 4.99 Å². The van der Waals surface area contributed by atoms with Crippen molar-refractivity contribution in [1.29, 1.82) is 0 Å². The molecule has 3 N–H and O–H groups in total. The number of nitrogens with one attached hydrogen (secondary N) is 1. The zero-order chi connectivity index (χ0) is 14.0. The van der Waals surface area contributed by atoms with E-state index < -0.39 is 5.41 Å². The van der Waals surface area contributed by atoms with Gasteiger partial charge in [0.2, 0.25) is 5.91 Å². The summed E-state index contributed by atoms with van der Waals surface area (Å²) in [5.74, 6) is -0.381. The Morgan fingerprint density at radius 3 is 2.47 bits per heavy atom. The number of amides is 2. The second-order valence-corrected chi connectivity index (χ2v) is 4.63. The summed E-state index contributed by atoms with van der Waals surface area (Å²) in [7, 11) is 0. The largest absolute Gasteiger partial charge is 0.399 e. The number of nitrogen functional groups attached to an aromatic ring is 1. The molecular formula is C14H17N3O2. The number of benzene rings is 1. The number of nitrogens with two attached hydrogens (primary N) is 1. The Hall–Kier alpha value is -2.17. The van der Waals surface area contributed by atoms with Crippen molar-refractivity contribution in [2.75, 3.05) is 5.73 Å². The van der Waals surface area contributed by atoms with Gasteiger partial charge in [-0.1, -0.05) is 26.0 Å². The molecule has 1 aliphatic rings. The lowest BCUT2D eigenvalue weighted by Crippen LogP contribution is -2.52. The van der Waals surface area contributed by atoms with Gasteiger partial charge in [-0.25, -0.2) is 0 Å². The van der Waals surface area contributed by atoms with E-state index >= 15 is 0 Å². The maximum atomic E-state index is 12.2. The molecule has 1 aliphatic heterocycles. The second kappa shape index (κ2) is 4.84. The molecule has 100 valence electrons. The molecule has 0 aromatic heterocycles. The number of carbonyl (C=O) groups is 2. The molecular weight excluding hydrogens is 242 g/mol. The first-order valence-electron chi connectivity index (χ1n) is 6.34. The Morgan fingerprint density at radius 1 is 1.26 bits per heavy atom. The van der Waals surface area contributed by atoms with E-state index in [9.17, 15) is 9.59 Å². The lowest BCUT2D eigenvalue weighted by atomic mass is 9.79. The SMILES string of the molecule is CCC1(CC)C(=O)N=C(c2cccc(N)c2)NC1=O. The van der Waals surface area contributed by atoms with E-state index in [2.05, 4.69) is 10.3 Å². The van der Waals surface area contributed by atoms with Gasteiger partial charge in [0.25, 0.3) is 5.91 Å². The lowest BCUT2D eigenvalue weighted by Gasteiger charge is -2.30. The molecule has 5 nitrogen and oxygen atoms in total. The number of anilines is 1. The molecule has 0 radical (unpaired) electrons. The van der Waals surface area contributed by atoms with Crippen molar-refractivity contribution in [3.8, 4) is 0 Å². The van der Waals surface area contributed by atoms with Gasteiger partial charge in [-0.3, -0.25) is 9.59 Å². The molecule has 0 saturated heterocycles. The van der Waals surface area contributed by atoms with Gasteiger partial charge in [0, 0.05) is 11.3 Å². The van der Waals surface area contributed by atoms with Crippen LogP contribution in [0.5, 0.6) is 0 Å². The third kappa shape index (κ3) is 2.12. The van der Waals surface area contributed by atoms with Gasteiger partial charge < -0.3 is 11.1 Å². The number of hydrogen-bond acceptors (Lipinski definition) is 3. The molecule has 0 spiro atoms. The fourth-order valence-corrected chi connectivity index (χ4v) is 2.26. The molecule has 0 atom stereocenters. The summed E-state index contributed by atoms with van der Waals surface area (Å²) in [6, 6.07) is 6.93. The molecule has 2 amide bonds. The Bertz CT molecular complexity index is 560. The van der Waals surface area contributed by atoms with Gasteiger partial charge >= 0.3 is 0 Å². The summed E-state index contributed by atoms with van der Waals surface area (Å²) < 4.78 is 0. The van der Waals surface area contributed by atoms with Crippen LogP contribution in [0.3, 0.4) is 0 Å². The van der Waals surface area contributed by atoms with Gasteiger partial charge in [0.1, 0.15) is 11.3 Å². The Balaban J connectivity index is 2.43. The van der Waals surface area contributed by atoms with Crippen LogP contribution in [0.1, 0.15) is 32.3 Å². The summed E-state index contributed by atoms with van der Waals surface area (Å²) in [5, 5.41) is 2.72. The molecule has 19 heavy (non-hydrogen) atoms. The van der Waals surface area contributed by atoms with Crippen LogP contribution in [0.15, 0.2) is 29.3 Å². The molecule has 5 heteroatoms. The highest BCUT2D eigenvalue weighted by Gasteiger charge is 2.45. The zero-order valence-corrected chi connectivity index (χ0v) is 11.1. The highest BCUT2D eigenvalue weighted by atomic mass is 16.2. The maximum absolute atomic E-state index is 12.2. The zero-order valence-electron chi connectivity index (χ0n) is 11.1. The van der Waals surface area contributed by atoms with Crippen molar-refractivity contribution in [2.45, 2.75) is 26.7 Å². The Kier molecular flexibility index (Phi) is 3.38. The van der Waals surface area contributed by atoms with E-state index in [0.717, 1.165) is 0 Å². The van der Waals surface area contributed by atoms with Crippen molar-refractivity contribution in [2.24, 2.45) is 10.4 Å². The van der Waals surface area contributed by atoms with Crippen LogP contribution in [-0.4, -0.2) is 17.6 Å². The molecule has 1 heterocycles. The summed E-state index contributed by atoms with van der Waals surface area (Å²) in [5.41, 5.74) is 5.86. The molecule has 1 aromatic rings. The fraction of sp³-hybridized carbons (Fsp3) is 0.357. The van der Waals surface area contributed by atoms with Gasteiger partial charge in [0.15, 0.2) is 0 Å². The number of aliphatic imine (C=N–C) groups is 1. The normalized spacial score (nSPS) is 17.9. The Morgan fingerprint density at radius 2 is 1.95 bits per heavy atom. The fourth-order valence-electron chi connectivity index (χ4n) is 2.26. The highest BCUT2D eigenvalue weighted by Crippen LogP contribution is 2.31. The van der Waals surface area contributed by atoms with Crippen molar-refractivity contribution in [3.63, 3.8) is 0 Å². The number of amidine groups is 1. The van der Waals surface area contributed by atoms with Crippen molar-refractivity contribution in [3.05, 3.63) is 29.8 Å². The van der Waals surface area contributed by atoms with Crippen molar-refractivity contribution in [1.82, 2.24) is 5.32 Å². The first kappa shape index (κ1) is 13.3. The van der Waals surface area contributed by atoms with Gasteiger partial charge in [-0.15, -0.1) is 0 Å². The smallest absolute Gasteiger partial charge is 0.263 e. The Labute approximate surface area is 111 Å². The number of carbonyl (C=O) groups excluding carboxylic acids is 2. The van der Waals surface area contributed by atoms with Crippen LogP contribution in [0.25, 0.3) is 0 Å². The summed E-state index contributed by atoms with van der Waals surface area (Å²) in [4.78, 5) is 28.4. The van der Waals surface area contributed by atoms with Crippen LogP contribution < -0.4 is 11.1 Å². The molecule has 0 bridgehead atoms.